The summed E-state index contributed by atoms with van der Waals surface area (Å²) in [6, 6.07) is 16.0. The van der Waals surface area contributed by atoms with Crippen molar-refractivity contribution in [1.82, 2.24) is 4.90 Å². The Bertz CT molecular complexity index is 742. The maximum Gasteiger partial charge on any atom is 0.222 e. The van der Waals surface area contributed by atoms with Crippen LogP contribution in [-0.4, -0.2) is 44.2 Å². The molecular formula is C21H27N3O2. The molecule has 0 spiro atoms. The lowest BCUT2D eigenvalue weighted by atomic mass is 10.1. The molecule has 5 heteroatoms. The summed E-state index contributed by atoms with van der Waals surface area (Å²) in [5.41, 5.74) is 10.1. The van der Waals surface area contributed by atoms with Gasteiger partial charge in [-0.3, -0.25) is 4.79 Å². The summed E-state index contributed by atoms with van der Waals surface area (Å²) in [6.45, 7) is 3.89. The van der Waals surface area contributed by atoms with E-state index in [1.54, 1.807) is 4.90 Å². The lowest BCUT2D eigenvalue weighted by molar-refractivity contribution is -0.130. The van der Waals surface area contributed by atoms with Crippen molar-refractivity contribution in [3.05, 3.63) is 59.7 Å². The molecule has 1 fully saturated rings. The van der Waals surface area contributed by atoms with Crippen LogP contribution in [-0.2, 0) is 22.5 Å². The van der Waals surface area contributed by atoms with Crippen LogP contribution in [0.4, 0.5) is 11.4 Å². The van der Waals surface area contributed by atoms with Crippen molar-refractivity contribution in [3.8, 4) is 0 Å². The summed E-state index contributed by atoms with van der Waals surface area (Å²) in [6.07, 6.45) is 1.13. The molecule has 0 bridgehead atoms. The number of morpholine rings is 1. The Balaban J connectivity index is 1.61. The van der Waals surface area contributed by atoms with Crippen molar-refractivity contribution < 1.29 is 9.53 Å². The van der Waals surface area contributed by atoms with Gasteiger partial charge in [-0.2, -0.15) is 0 Å². The number of rotatable bonds is 6. The average Bonchev–Trinajstić information content (AvgIpc) is 2.68. The summed E-state index contributed by atoms with van der Waals surface area (Å²) in [7, 11) is 1.87. The van der Waals surface area contributed by atoms with Crippen LogP contribution in [0.2, 0.25) is 0 Å². The van der Waals surface area contributed by atoms with Gasteiger partial charge in [-0.15, -0.1) is 0 Å². The van der Waals surface area contributed by atoms with E-state index in [9.17, 15) is 4.79 Å². The molecule has 0 aliphatic carbocycles. The van der Waals surface area contributed by atoms with E-state index in [0.29, 0.717) is 19.4 Å². The van der Waals surface area contributed by atoms with Gasteiger partial charge in [0, 0.05) is 44.5 Å². The lowest BCUT2D eigenvalue weighted by Gasteiger charge is -2.31. The molecule has 2 N–H and O–H groups in total. The van der Waals surface area contributed by atoms with Crippen molar-refractivity contribution in [1.29, 1.82) is 0 Å². The van der Waals surface area contributed by atoms with Crippen LogP contribution >= 0.6 is 0 Å². The third-order valence-corrected chi connectivity index (χ3v) is 4.84. The first-order valence-corrected chi connectivity index (χ1v) is 9.13. The number of ether oxygens (including phenoxy) is 1. The third kappa shape index (κ3) is 4.55. The minimum atomic E-state index is 0.130. The fourth-order valence-corrected chi connectivity index (χ4v) is 3.30. The number of para-hydroxylation sites is 2. The summed E-state index contributed by atoms with van der Waals surface area (Å²) < 4.78 is 5.45. The van der Waals surface area contributed by atoms with E-state index in [1.807, 2.05) is 43.4 Å². The van der Waals surface area contributed by atoms with Crippen LogP contribution in [0.1, 0.15) is 17.5 Å². The number of benzene rings is 2. The molecule has 1 heterocycles. The topological polar surface area (TPSA) is 58.8 Å². The molecule has 0 saturated carbocycles. The lowest BCUT2D eigenvalue weighted by Crippen LogP contribution is -2.37. The van der Waals surface area contributed by atoms with E-state index in [-0.39, 0.29) is 5.91 Å². The van der Waals surface area contributed by atoms with Crippen LogP contribution in [0.3, 0.4) is 0 Å². The first-order chi connectivity index (χ1) is 12.6. The Morgan fingerprint density at radius 3 is 2.46 bits per heavy atom. The second-order valence-corrected chi connectivity index (χ2v) is 6.68. The van der Waals surface area contributed by atoms with Crippen molar-refractivity contribution in [2.75, 3.05) is 44.0 Å². The zero-order valence-corrected chi connectivity index (χ0v) is 15.4. The average molecular weight is 353 g/mol. The smallest absolute Gasteiger partial charge is 0.222 e. The van der Waals surface area contributed by atoms with Gasteiger partial charge >= 0.3 is 0 Å². The van der Waals surface area contributed by atoms with Crippen molar-refractivity contribution in [2.24, 2.45) is 0 Å². The minimum absolute atomic E-state index is 0.130. The monoisotopic (exact) mass is 353 g/mol. The zero-order chi connectivity index (χ0) is 18.4. The molecule has 0 radical (unpaired) electrons. The van der Waals surface area contributed by atoms with Crippen molar-refractivity contribution in [3.63, 3.8) is 0 Å². The highest BCUT2D eigenvalue weighted by Gasteiger charge is 2.17. The molecular weight excluding hydrogens is 326 g/mol. The van der Waals surface area contributed by atoms with E-state index in [1.165, 1.54) is 11.3 Å². The number of carbonyl (C=O) groups is 1. The van der Waals surface area contributed by atoms with Gasteiger partial charge in [0.05, 0.1) is 13.2 Å². The molecule has 1 saturated heterocycles. The molecule has 138 valence electrons. The van der Waals surface area contributed by atoms with E-state index < -0.39 is 0 Å². The number of amides is 1. The van der Waals surface area contributed by atoms with Gasteiger partial charge in [0.2, 0.25) is 5.91 Å². The van der Waals surface area contributed by atoms with Crippen LogP contribution in [0.15, 0.2) is 48.5 Å². The maximum absolute atomic E-state index is 12.6. The normalized spacial score (nSPS) is 14.3. The number of hydrogen-bond donors (Lipinski definition) is 1. The fraction of sp³-hybridized carbons (Fsp3) is 0.381. The number of nitrogen functional groups attached to an aromatic ring is 1. The van der Waals surface area contributed by atoms with Crippen molar-refractivity contribution in [2.45, 2.75) is 19.4 Å². The molecule has 2 aromatic carbocycles. The summed E-state index contributed by atoms with van der Waals surface area (Å²) >= 11 is 0. The molecule has 2 aromatic rings. The van der Waals surface area contributed by atoms with E-state index >= 15 is 0 Å². The highest BCUT2D eigenvalue weighted by atomic mass is 16.5. The highest BCUT2D eigenvalue weighted by Crippen LogP contribution is 2.23. The predicted octanol–water partition coefficient (Wildman–Crippen LogP) is 2.70. The van der Waals surface area contributed by atoms with Gasteiger partial charge in [-0.1, -0.05) is 36.4 Å². The Labute approximate surface area is 155 Å². The number of carbonyl (C=O) groups excluding carboxylic acids is 1. The first-order valence-electron chi connectivity index (χ1n) is 9.13. The third-order valence-electron chi connectivity index (χ3n) is 4.84. The van der Waals surface area contributed by atoms with Gasteiger partial charge in [-0.05, 0) is 29.7 Å². The van der Waals surface area contributed by atoms with E-state index in [4.69, 9.17) is 10.5 Å². The maximum atomic E-state index is 12.6. The van der Waals surface area contributed by atoms with Crippen LogP contribution in [0, 0.1) is 0 Å². The number of nitrogens with zero attached hydrogens (tertiary/aromatic N) is 2. The zero-order valence-electron chi connectivity index (χ0n) is 15.4. The van der Waals surface area contributed by atoms with E-state index in [0.717, 1.165) is 37.6 Å². The van der Waals surface area contributed by atoms with Gasteiger partial charge < -0.3 is 20.3 Å². The molecule has 5 nitrogen and oxygen atoms in total. The first kappa shape index (κ1) is 18.3. The molecule has 1 amide bonds. The molecule has 0 atom stereocenters. The van der Waals surface area contributed by atoms with E-state index in [2.05, 4.69) is 17.0 Å². The van der Waals surface area contributed by atoms with Crippen molar-refractivity contribution >= 4 is 17.3 Å². The molecule has 1 aliphatic heterocycles. The number of hydrogen-bond acceptors (Lipinski definition) is 4. The summed E-state index contributed by atoms with van der Waals surface area (Å²) in [4.78, 5) is 16.7. The Kier molecular flexibility index (Phi) is 6.12. The van der Waals surface area contributed by atoms with Gasteiger partial charge in [-0.25, -0.2) is 0 Å². The molecule has 1 aliphatic rings. The number of aryl methyl sites for hydroxylation is 1. The molecule has 26 heavy (non-hydrogen) atoms. The molecule has 0 unspecified atom stereocenters. The highest BCUT2D eigenvalue weighted by molar-refractivity contribution is 5.76. The summed E-state index contributed by atoms with van der Waals surface area (Å²) in [5.74, 6) is 0.130. The van der Waals surface area contributed by atoms with Crippen LogP contribution in [0.5, 0.6) is 0 Å². The predicted molar refractivity (Wildman–Crippen MR) is 105 cm³/mol. The Morgan fingerprint density at radius 1 is 1.08 bits per heavy atom. The fourth-order valence-electron chi connectivity index (χ4n) is 3.30. The Hall–Kier alpha value is -2.53. The van der Waals surface area contributed by atoms with Crippen LogP contribution < -0.4 is 10.6 Å². The van der Waals surface area contributed by atoms with Gasteiger partial charge in [0.1, 0.15) is 0 Å². The minimum Gasteiger partial charge on any atom is -0.399 e. The quantitative estimate of drug-likeness (QED) is 0.811. The van der Waals surface area contributed by atoms with Crippen LogP contribution in [0.25, 0.3) is 0 Å². The summed E-state index contributed by atoms with van der Waals surface area (Å²) in [5, 5.41) is 0. The molecule has 0 aromatic heterocycles. The largest absolute Gasteiger partial charge is 0.399 e. The molecule has 3 rings (SSSR count). The standard InChI is InChI=1S/C21H27N3O2/c1-23(21(25)11-10-17-6-2-4-8-19(17)22)16-18-7-3-5-9-20(18)24-12-14-26-15-13-24/h2-9H,10-16,22H2,1H3. The Morgan fingerprint density at radius 2 is 1.73 bits per heavy atom. The SMILES string of the molecule is CN(Cc1ccccc1N1CCOCC1)C(=O)CCc1ccccc1N. The number of nitrogens with two attached hydrogens (primary N) is 1. The second kappa shape index (κ2) is 8.72. The van der Waals surface area contributed by atoms with Gasteiger partial charge in [0.15, 0.2) is 0 Å². The number of anilines is 2. The second-order valence-electron chi connectivity index (χ2n) is 6.68. The van der Waals surface area contributed by atoms with Gasteiger partial charge in [0.25, 0.3) is 0 Å².